The van der Waals surface area contributed by atoms with Crippen LogP contribution in [-0.2, 0) is 0 Å². The maximum Gasteiger partial charge on any atom is 0.387 e. The van der Waals surface area contributed by atoms with Crippen LogP contribution < -0.4 is 10.5 Å². The standard InChI is InChI=1S/C14H21F2NO2/c1-9(2)3-8-12(18)13(17)10-4-6-11(7-5-10)19-14(15)16/h4-7,9,12-14,18H,3,8,17H2,1-2H3/t12-,13+/m1/s1. The maximum absolute atomic E-state index is 12.0. The van der Waals surface area contributed by atoms with Crippen molar-refractivity contribution >= 4 is 0 Å². The van der Waals surface area contributed by atoms with Gasteiger partial charge in [-0.1, -0.05) is 26.0 Å². The number of halogens is 2. The Hall–Kier alpha value is -1.20. The van der Waals surface area contributed by atoms with Gasteiger partial charge in [0.1, 0.15) is 5.75 Å². The van der Waals surface area contributed by atoms with Gasteiger partial charge in [-0.3, -0.25) is 0 Å². The summed E-state index contributed by atoms with van der Waals surface area (Å²) in [7, 11) is 0. The lowest BCUT2D eigenvalue weighted by Crippen LogP contribution is -2.26. The molecular formula is C14H21F2NO2. The largest absolute Gasteiger partial charge is 0.435 e. The molecule has 0 aliphatic rings. The van der Waals surface area contributed by atoms with Gasteiger partial charge >= 0.3 is 6.61 Å². The summed E-state index contributed by atoms with van der Waals surface area (Å²) < 4.78 is 28.2. The molecule has 1 rings (SSSR count). The maximum atomic E-state index is 12.0. The van der Waals surface area contributed by atoms with Gasteiger partial charge in [0.15, 0.2) is 0 Å². The molecule has 0 unspecified atom stereocenters. The van der Waals surface area contributed by atoms with Gasteiger partial charge in [0.2, 0.25) is 0 Å². The first kappa shape index (κ1) is 15.9. The van der Waals surface area contributed by atoms with Gasteiger partial charge in [0, 0.05) is 0 Å². The number of nitrogens with two attached hydrogens (primary N) is 1. The van der Waals surface area contributed by atoms with Crippen molar-refractivity contribution in [3.05, 3.63) is 29.8 Å². The quantitative estimate of drug-likeness (QED) is 0.802. The molecule has 0 radical (unpaired) electrons. The van der Waals surface area contributed by atoms with Gasteiger partial charge in [-0.2, -0.15) is 8.78 Å². The first-order chi connectivity index (χ1) is 8.90. The Balaban J connectivity index is 2.59. The van der Waals surface area contributed by atoms with Crippen LogP contribution in [0.2, 0.25) is 0 Å². The highest BCUT2D eigenvalue weighted by Gasteiger charge is 2.17. The summed E-state index contributed by atoms with van der Waals surface area (Å²) in [5.41, 5.74) is 6.64. The number of ether oxygens (including phenoxy) is 1. The Morgan fingerprint density at radius 3 is 2.21 bits per heavy atom. The first-order valence-electron chi connectivity index (χ1n) is 6.38. The lowest BCUT2D eigenvalue weighted by Gasteiger charge is -2.20. The molecule has 1 aromatic carbocycles. The zero-order valence-electron chi connectivity index (χ0n) is 11.2. The van der Waals surface area contributed by atoms with E-state index in [0.717, 1.165) is 6.42 Å². The average molecular weight is 273 g/mol. The minimum absolute atomic E-state index is 0.0858. The molecule has 1 aromatic rings. The van der Waals surface area contributed by atoms with Crippen LogP contribution in [0, 0.1) is 5.92 Å². The molecule has 5 heteroatoms. The Morgan fingerprint density at radius 1 is 1.16 bits per heavy atom. The lowest BCUT2D eigenvalue weighted by molar-refractivity contribution is -0.0498. The fourth-order valence-corrected chi connectivity index (χ4v) is 1.78. The molecule has 0 aliphatic heterocycles. The predicted molar refractivity (Wildman–Crippen MR) is 70.1 cm³/mol. The molecule has 0 heterocycles. The van der Waals surface area contributed by atoms with Crippen molar-refractivity contribution in [1.29, 1.82) is 0 Å². The summed E-state index contributed by atoms with van der Waals surface area (Å²) in [5, 5.41) is 9.96. The molecule has 2 atom stereocenters. The fraction of sp³-hybridized carbons (Fsp3) is 0.571. The number of aliphatic hydroxyl groups excluding tert-OH is 1. The first-order valence-corrected chi connectivity index (χ1v) is 6.38. The number of rotatable bonds is 7. The van der Waals surface area contributed by atoms with E-state index in [4.69, 9.17) is 5.73 Å². The van der Waals surface area contributed by atoms with Crippen molar-refractivity contribution in [2.24, 2.45) is 11.7 Å². The molecular weight excluding hydrogens is 252 g/mol. The minimum Gasteiger partial charge on any atom is -0.435 e. The van der Waals surface area contributed by atoms with Crippen LogP contribution in [0.25, 0.3) is 0 Å². The smallest absolute Gasteiger partial charge is 0.387 e. The van der Waals surface area contributed by atoms with Crippen molar-refractivity contribution in [3.63, 3.8) is 0 Å². The molecule has 0 aliphatic carbocycles. The van der Waals surface area contributed by atoms with E-state index in [1.165, 1.54) is 12.1 Å². The van der Waals surface area contributed by atoms with E-state index < -0.39 is 18.8 Å². The van der Waals surface area contributed by atoms with Crippen molar-refractivity contribution in [3.8, 4) is 5.75 Å². The van der Waals surface area contributed by atoms with Gasteiger partial charge in [-0.05, 0) is 36.5 Å². The third-order valence-electron chi connectivity index (χ3n) is 2.94. The van der Waals surface area contributed by atoms with Gasteiger partial charge in [0.05, 0.1) is 12.1 Å². The highest BCUT2D eigenvalue weighted by molar-refractivity contribution is 5.29. The summed E-state index contributed by atoms with van der Waals surface area (Å²) in [6.45, 7) is 1.32. The fourth-order valence-electron chi connectivity index (χ4n) is 1.78. The van der Waals surface area contributed by atoms with E-state index >= 15 is 0 Å². The van der Waals surface area contributed by atoms with Crippen LogP contribution in [0.4, 0.5) is 8.78 Å². The number of hydrogen-bond acceptors (Lipinski definition) is 3. The third kappa shape index (κ3) is 5.53. The van der Waals surface area contributed by atoms with Crippen molar-refractivity contribution in [2.45, 2.75) is 45.4 Å². The molecule has 0 spiro atoms. The van der Waals surface area contributed by atoms with Crippen LogP contribution in [-0.4, -0.2) is 17.8 Å². The van der Waals surface area contributed by atoms with Crippen LogP contribution in [0.1, 0.15) is 38.3 Å². The van der Waals surface area contributed by atoms with Crippen molar-refractivity contribution in [1.82, 2.24) is 0 Å². The molecule has 3 N–H and O–H groups in total. The number of hydrogen-bond donors (Lipinski definition) is 2. The monoisotopic (exact) mass is 273 g/mol. The summed E-state index contributed by atoms with van der Waals surface area (Å²) in [5.74, 6) is 0.589. The van der Waals surface area contributed by atoms with Gasteiger partial charge in [-0.15, -0.1) is 0 Å². The van der Waals surface area contributed by atoms with Crippen LogP contribution in [0.15, 0.2) is 24.3 Å². The summed E-state index contributed by atoms with van der Waals surface area (Å²) in [6, 6.07) is 5.54. The van der Waals surface area contributed by atoms with E-state index in [-0.39, 0.29) is 5.75 Å². The SMILES string of the molecule is CC(C)CC[C@@H](O)[C@@H](N)c1ccc(OC(F)F)cc1. The summed E-state index contributed by atoms with van der Waals surface area (Å²) >= 11 is 0. The van der Waals surface area contributed by atoms with Gasteiger partial charge in [-0.25, -0.2) is 0 Å². The van der Waals surface area contributed by atoms with Gasteiger partial charge in [0.25, 0.3) is 0 Å². The van der Waals surface area contributed by atoms with E-state index in [2.05, 4.69) is 18.6 Å². The average Bonchev–Trinajstić information content (AvgIpc) is 2.35. The molecule has 0 bridgehead atoms. The second-order valence-electron chi connectivity index (χ2n) is 5.01. The summed E-state index contributed by atoms with van der Waals surface area (Å²) in [4.78, 5) is 0. The summed E-state index contributed by atoms with van der Waals surface area (Å²) in [6.07, 6.45) is 0.875. The molecule has 0 aromatic heterocycles. The van der Waals surface area contributed by atoms with Crippen molar-refractivity contribution in [2.75, 3.05) is 0 Å². The Labute approximate surface area is 112 Å². The lowest BCUT2D eigenvalue weighted by atomic mass is 9.96. The molecule has 108 valence electrons. The van der Waals surface area contributed by atoms with Gasteiger partial charge < -0.3 is 15.6 Å². The Kier molecular flexibility index (Phi) is 6.18. The molecule has 0 saturated carbocycles. The number of aliphatic hydroxyl groups is 1. The molecule has 0 saturated heterocycles. The van der Waals surface area contributed by atoms with Crippen LogP contribution in [0.3, 0.4) is 0 Å². The topological polar surface area (TPSA) is 55.5 Å². The molecule has 19 heavy (non-hydrogen) atoms. The van der Waals surface area contributed by atoms with E-state index in [1.54, 1.807) is 12.1 Å². The Morgan fingerprint density at radius 2 is 1.74 bits per heavy atom. The van der Waals surface area contributed by atoms with Crippen LogP contribution >= 0.6 is 0 Å². The minimum atomic E-state index is -2.84. The zero-order valence-corrected chi connectivity index (χ0v) is 11.2. The van der Waals surface area contributed by atoms with E-state index in [0.29, 0.717) is 17.9 Å². The highest BCUT2D eigenvalue weighted by atomic mass is 19.3. The second kappa shape index (κ2) is 7.40. The third-order valence-corrected chi connectivity index (χ3v) is 2.94. The number of benzene rings is 1. The normalized spacial score (nSPS) is 14.7. The predicted octanol–water partition coefficient (Wildman–Crippen LogP) is 3.08. The van der Waals surface area contributed by atoms with E-state index in [9.17, 15) is 13.9 Å². The van der Waals surface area contributed by atoms with E-state index in [1.807, 2.05) is 0 Å². The second-order valence-corrected chi connectivity index (χ2v) is 5.01. The molecule has 0 fully saturated rings. The number of alkyl halides is 2. The Bertz CT molecular complexity index is 368. The highest BCUT2D eigenvalue weighted by Crippen LogP contribution is 2.22. The van der Waals surface area contributed by atoms with Crippen LogP contribution in [0.5, 0.6) is 5.75 Å². The molecule has 3 nitrogen and oxygen atoms in total. The van der Waals surface area contributed by atoms with Crippen molar-refractivity contribution < 1.29 is 18.6 Å². The molecule has 0 amide bonds. The zero-order chi connectivity index (χ0) is 14.4.